The van der Waals surface area contributed by atoms with Crippen LogP contribution in [0.4, 0.5) is 0 Å². The number of rotatable bonds is 2. The molecule has 0 radical (unpaired) electrons. The highest BCUT2D eigenvalue weighted by Gasteiger charge is 2.51. The van der Waals surface area contributed by atoms with Gasteiger partial charge in [0.05, 0.1) is 5.60 Å². The maximum absolute atomic E-state index is 10.9. The Morgan fingerprint density at radius 1 is 1.43 bits per heavy atom. The third kappa shape index (κ3) is 1.60. The van der Waals surface area contributed by atoms with Gasteiger partial charge in [0.1, 0.15) is 0 Å². The molecule has 0 amide bonds. The zero-order valence-corrected chi connectivity index (χ0v) is 10.4. The molecule has 1 N–H and O–H groups in total. The molecule has 14 heavy (non-hydrogen) atoms. The van der Waals surface area contributed by atoms with Crippen LogP contribution in [0.15, 0.2) is 0 Å². The van der Waals surface area contributed by atoms with Crippen LogP contribution in [0, 0.1) is 17.3 Å². The molecule has 1 aliphatic carbocycles. The van der Waals surface area contributed by atoms with E-state index in [-0.39, 0.29) is 5.41 Å². The van der Waals surface area contributed by atoms with Gasteiger partial charge in [-0.1, -0.05) is 47.5 Å². The Hall–Kier alpha value is -0.0400. The summed E-state index contributed by atoms with van der Waals surface area (Å²) in [4.78, 5) is 0. The van der Waals surface area contributed by atoms with E-state index in [2.05, 4.69) is 34.6 Å². The first kappa shape index (κ1) is 12.0. The molecular formula is C13H26O. The van der Waals surface area contributed by atoms with Crippen molar-refractivity contribution in [1.29, 1.82) is 0 Å². The summed E-state index contributed by atoms with van der Waals surface area (Å²) in [5, 5.41) is 10.9. The fourth-order valence-corrected chi connectivity index (χ4v) is 3.40. The predicted molar refractivity (Wildman–Crippen MR) is 61.2 cm³/mol. The van der Waals surface area contributed by atoms with Crippen molar-refractivity contribution in [3.63, 3.8) is 0 Å². The van der Waals surface area contributed by atoms with Gasteiger partial charge in [-0.2, -0.15) is 0 Å². The predicted octanol–water partition coefficient (Wildman–Crippen LogP) is 3.61. The maximum Gasteiger partial charge on any atom is 0.0749 e. The molecule has 0 saturated heterocycles. The van der Waals surface area contributed by atoms with Crippen molar-refractivity contribution in [2.45, 2.75) is 65.9 Å². The van der Waals surface area contributed by atoms with Gasteiger partial charge >= 0.3 is 0 Å². The van der Waals surface area contributed by atoms with Crippen LogP contribution in [-0.2, 0) is 0 Å². The van der Waals surface area contributed by atoms with Gasteiger partial charge in [0.25, 0.3) is 0 Å². The third-order valence-electron chi connectivity index (χ3n) is 4.64. The molecule has 1 saturated carbocycles. The molecule has 0 aliphatic heterocycles. The van der Waals surface area contributed by atoms with Crippen molar-refractivity contribution < 1.29 is 5.11 Å². The summed E-state index contributed by atoms with van der Waals surface area (Å²) in [7, 11) is 0. The van der Waals surface area contributed by atoms with Gasteiger partial charge in [-0.15, -0.1) is 0 Å². The van der Waals surface area contributed by atoms with E-state index in [1.807, 2.05) is 0 Å². The van der Waals surface area contributed by atoms with E-state index < -0.39 is 5.60 Å². The molecule has 84 valence electrons. The van der Waals surface area contributed by atoms with Crippen LogP contribution in [-0.4, -0.2) is 10.7 Å². The van der Waals surface area contributed by atoms with E-state index in [9.17, 15) is 5.11 Å². The molecule has 0 aromatic carbocycles. The maximum atomic E-state index is 10.9. The molecule has 0 heterocycles. The number of hydrogen-bond donors (Lipinski definition) is 1. The Bertz CT molecular complexity index is 191. The first-order valence-corrected chi connectivity index (χ1v) is 6.08. The minimum absolute atomic E-state index is 0.0834. The van der Waals surface area contributed by atoms with Gasteiger partial charge in [-0.05, 0) is 30.1 Å². The van der Waals surface area contributed by atoms with Crippen molar-refractivity contribution in [1.82, 2.24) is 0 Å². The molecule has 3 unspecified atom stereocenters. The fourth-order valence-electron chi connectivity index (χ4n) is 3.40. The average molecular weight is 198 g/mol. The minimum atomic E-state index is -0.458. The van der Waals surface area contributed by atoms with Crippen LogP contribution < -0.4 is 0 Å². The lowest BCUT2D eigenvalue weighted by Gasteiger charge is -2.54. The minimum Gasteiger partial charge on any atom is -0.389 e. The zero-order chi connectivity index (χ0) is 11.0. The Kier molecular flexibility index (Phi) is 3.30. The summed E-state index contributed by atoms with van der Waals surface area (Å²) in [6, 6.07) is 0. The number of aliphatic hydroxyl groups is 1. The lowest BCUT2D eigenvalue weighted by atomic mass is 9.56. The molecule has 1 nitrogen and oxygen atoms in total. The zero-order valence-electron chi connectivity index (χ0n) is 10.4. The van der Waals surface area contributed by atoms with Gasteiger partial charge in [0.2, 0.25) is 0 Å². The lowest BCUT2D eigenvalue weighted by Crippen LogP contribution is -2.56. The second-order valence-corrected chi connectivity index (χ2v) is 5.81. The summed E-state index contributed by atoms with van der Waals surface area (Å²) in [6.45, 7) is 11.1. The Balaban J connectivity index is 2.98. The van der Waals surface area contributed by atoms with Crippen LogP contribution in [0.5, 0.6) is 0 Å². The topological polar surface area (TPSA) is 20.2 Å². The molecule has 0 spiro atoms. The molecule has 1 aliphatic rings. The molecule has 0 aromatic rings. The standard InChI is InChI=1S/C13H26O/c1-6-10(2)13(14)11(3)8-7-9-12(13,4)5/h10-11,14H,6-9H2,1-5H3. The Morgan fingerprint density at radius 2 is 2.00 bits per heavy atom. The van der Waals surface area contributed by atoms with E-state index in [4.69, 9.17) is 0 Å². The van der Waals surface area contributed by atoms with Gasteiger partial charge < -0.3 is 5.11 Å². The summed E-state index contributed by atoms with van der Waals surface area (Å²) >= 11 is 0. The second-order valence-electron chi connectivity index (χ2n) is 5.81. The highest BCUT2D eigenvalue weighted by molar-refractivity contribution is 5.02. The highest BCUT2D eigenvalue weighted by Crippen LogP contribution is 2.51. The van der Waals surface area contributed by atoms with Gasteiger partial charge in [-0.25, -0.2) is 0 Å². The lowest BCUT2D eigenvalue weighted by molar-refractivity contribution is -0.167. The number of hydrogen-bond acceptors (Lipinski definition) is 1. The summed E-state index contributed by atoms with van der Waals surface area (Å²) in [5.74, 6) is 0.856. The highest BCUT2D eigenvalue weighted by atomic mass is 16.3. The van der Waals surface area contributed by atoms with Crippen LogP contribution in [0.3, 0.4) is 0 Å². The van der Waals surface area contributed by atoms with Crippen molar-refractivity contribution in [3.05, 3.63) is 0 Å². The molecule has 1 fully saturated rings. The van der Waals surface area contributed by atoms with E-state index >= 15 is 0 Å². The molecule has 0 bridgehead atoms. The summed E-state index contributed by atoms with van der Waals surface area (Å²) in [5.41, 5.74) is -0.375. The Morgan fingerprint density at radius 3 is 2.43 bits per heavy atom. The quantitative estimate of drug-likeness (QED) is 0.718. The Labute approximate surface area is 88.9 Å². The van der Waals surface area contributed by atoms with Gasteiger partial charge in [0, 0.05) is 0 Å². The van der Waals surface area contributed by atoms with E-state index in [0.717, 1.165) is 12.8 Å². The molecule has 3 atom stereocenters. The largest absolute Gasteiger partial charge is 0.389 e. The molecular weight excluding hydrogens is 172 g/mol. The first-order valence-electron chi connectivity index (χ1n) is 6.08. The molecule has 0 aromatic heterocycles. The molecule has 1 heteroatoms. The summed E-state index contributed by atoms with van der Waals surface area (Å²) in [6.07, 6.45) is 4.69. The van der Waals surface area contributed by atoms with Gasteiger partial charge in [0.15, 0.2) is 0 Å². The van der Waals surface area contributed by atoms with Crippen LogP contribution in [0.2, 0.25) is 0 Å². The average Bonchev–Trinajstić information content (AvgIpc) is 2.12. The van der Waals surface area contributed by atoms with Crippen molar-refractivity contribution in [2.75, 3.05) is 0 Å². The third-order valence-corrected chi connectivity index (χ3v) is 4.64. The van der Waals surface area contributed by atoms with E-state index in [0.29, 0.717) is 11.8 Å². The smallest absolute Gasteiger partial charge is 0.0749 e. The van der Waals surface area contributed by atoms with E-state index in [1.165, 1.54) is 12.8 Å². The van der Waals surface area contributed by atoms with E-state index in [1.54, 1.807) is 0 Å². The van der Waals surface area contributed by atoms with Crippen LogP contribution in [0.1, 0.15) is 60.3 Å². The molecule has 1 rings (SSSR count). The second kappa shape index (κ2) is 3.84. The van der Waals surface area contributed by atoms with Crippen molar-refractivity contribution >= 4 is 0 Å². The SMILES string of the molecule is CCC(C)C1(O)C(C)CCCC1(C)C. The summed E-state index contributed by atoms with van der Waals surface area (Å²) < 4.78 is 0. The van der Waals surface area contributed by atoms with Gasteiger partial charge in [-0.3, -0.25) is 0 Å². The van der Waals surface area contributed by atoms with Crippen molar-refractivity contribution in [3.8, 4) is 0 Å². The normalized spacial score (nSPS) is 39.4. The monoisotopic (exact) mass is 198 g/mol. The van der Waals surface area contributed by atoms with Crippen LogP contribution in [0.25, 0.3) is 0 Å². The first-order chi connectivity index (χ1) is 6.36. The van der Waals surface area contributed by atoms with Crippen LogP contribution >= 0.6 is 0 Å². The van der Waals surface area contributed by atoms with Crippen molar-refractivity contribution in [2.24, 2.45) is 17.3 Å². The fraction of sp³-hybridized carbons (Fsp3) is 1.00.